The van der Waals surface area contributed by atoms with Crippen LogP contribution in [0.25, 0.3) is 11.1 Å². The molecular formula is C10H9BN2. The quantitative estimate of drug-likeness (QED) is 0.576. The van der Waals surface area contributed by atoms with Gasteiger partial charge < -0.3 is 0 Å². The molecule has 0 atom stereocenters. The van der Waals surface area contributed by atoms with Gasteiger partial charge >= 0.3 is 0 Å². The van der Waals surface area contributed by atoms with Gasteiger partial charge in [-0.25, -0.2) is 9.97 Å². The summed E-state index contributed by atoms with van der Waals surface area (Å²) in [7, 11) is 2.07. The first kappa shape index (κ1) is 7.99. The van der Waals surface area contributed by atoms with Crippen LogP contribution < -0.4 is 5.46 Å². The molecule has 0 spiro atoms. The molecule has 0 aliphatic carbocycles. The summed E-state index contributed by atoms with van der Waals surface area (Å²) >= 11 is 0. The zero-order chi connectivity index (χ0) is 9.10. The highest BCUT2D eigenvalue weighted by Crippen LogP contribution is 2.14. The van der Waals surface area contributed by atoms with E-state index in [0.717, 1.165) is 11.1 Å². The molecular weight excluding hydrogens is 159 g/mol. The number of hydrogen-bond donors (Lipinski definition) is 0. The minimum absolute atomic E-state index is 1.06. The molecule has 2 rings (SSSR count). The van der Waals surface area contributed by atoms with Crippen molar-refractivity contribution in [3.63, 3.8) is 0 Å². The maximum absolute atomic E-state index is 3.97. The Kier molecular flexibility index (Phi) is 2.09. The van der Waals surface area contributed by atoms with E-state index in [0.29, 0.717) is 0 Å². The fourth-order valence-electron chi connectivity index (χ4n) is 1.19. The Morgan fingerprint density at radius 2 is 1.46 bits per heavy atom. The number of benzene rings is 1. The summed E-state index contributed by atoms with van der Waals surface area (Å²) in [4.78, 5) is 7.94. The molecule has 0 unspecified atom stereocenters. The fourth-order valence-corrected chi connectivity index (χ4v) is 1.19. The zero-order valence-corrected chi connectivity index (χ0v) is 7.44. The maximum Gasteiger partial charge on any atom is 0.139 e. The van der Waals surface area contributed by atoms with Crippen molar-refractivity contribution < 1.29 is 0 Å². The van der Waals surface area contributed by atoms with Crippen molar-refractivity contribution in [1.82, 2.24) is 9.97 Å². The molecule has 0 radical (unpaired) electrons. The predicted octanol–water partition coefficient (Wildman–Crippen LogP) is 0.402. The Labute approximate surface area is 78.1 Å². The Hall–Kier alpha value is -1.64. The Bertz CT molecular complexity index is 383. The zero-order valence-electron chi connectivity index (χ0n) is 7.44. The van der Waals surface area contributed by atoms with Crippen LogP contribution in [0.15, 0.2) is 43.0 Å². The predicted molar refractivity (Wildman–Crippen MR) is 55.6 cm³/mol. The number of rotatable bonds is 1. The first-order valence-corrected chi connectivity index (χ1v) is 4.18. The lowest BCUT2D eigenvalue weighted by Gasteiger charge is -1.99. The highest BCUT2D eigenvalue weighted by Gasteiger charge is 1.95. The Morgan fingerprint density at radius 3 is 2.08 bits per heavy atom. The summed E-state index contributed by atoms with van der Waals surface area (Å²) in [6.07, 6.45) is 5.17. The molecule has 0 saturated carbocycles. The average molecular weight is 168 g/mol. The lowest BCUT2D eigenvalue weighted by molar-refractivity contribution is 1.17. The van der Waals surface area contributed by atoms with Crippen molar-refractivity contribution in [1.29, 1.82) is 0 Å². The van der Waals surface area contributed by atoms with Crippen molar-refractivity contribution in [2.75, 3.05) is 0 Å². The Balaban J connectivity index is 2.42. The van der Waals surface area contributed by atoms with Crippen molar-refractivity contribution in [2.45, 2.75) is 0 Å². The van der Waals surface area contributed by atoms with Crippen LogP contribution in [0.1, 0.15) is 0 Å². The van der Waals surface area contributed by atoms with E-state index in [9.17, 15) is 0 Å². The number of hydrogen-bond acceptors (Lipinski definition) is 2. The van der Waals surface area contributed by atoms with Crippen LogP contribution in [0.3, 0.4) is 0 Å². The van der Waals surface area contributed by atoms with Crippen LogP contribution in [0.2, 0.25) is 0 Å². The van der Waals surface area contributed by atoms with Crippen molar-refractivity contribution in [3.8, 4) is 11.1 Å². The van der Waals surface area contributed by atoms with E-state index in [1.54, 1.807) is 0 Å². The van der Waals surface area contributed by atoms with Gasteiger partial charge in [-0.3, -0.25) is 0 Å². The van der Waals surface area contributed by atoms with E-state index in [1.807, 2.05) is 12.4 Å². The minimum Gasteiger partial charge on any atom is -0.244 e. The third-order valence-corrected chi connectivity index (χ3v) is 1.95. The maximum atomic E-state index is 3.97. The van der Waals surface area contributed by atoms with Crippen LogP contribution in [0.4, 0.5) is 0 Å². The molecule has 0 amide bonds. The second kappa shape index (κ2) is 3.39. The van der Waals surface area contributed by atoms with Crippen molar-refractivity contribution in [2.24, 2.45) is 0 Å². The number of aromatic nitrogens is 2. The topological polar surface area (TPSA) is 25.8 Å². The summed E-state index contributed by atoms with van der Waals surface area (Å²) in [5.41, 5.74) is 3.48. The van der Waals surface area contributed by atoms with E-state index < -0.39 is 0 Å². The molecule has 0 bridgehead atoms. The molecule has 2 aromatic rings. The standard InChI is InChI=1S/C10H9BN2/c11-10-3-1-8(2-4-10)9-5-12-7-13-6-9/h1-7H,11H2. The molecule has 1 aromatic carbocycles. The fraction of sp³-hybridized carbons (Fsp3) is 0. The lowest BCUT2D eigenvalue weighted by atomic mass is 9.94. The molecule has 1 heterocycles. The second-order valence-corrected chi connectivity index (χ2v) is 2.99. The normalized spacial score (nSPS) is 9.85. The van der Waals surface area contributed by atoms with E-state index in [-0.39, 0.29) is 0 Å². The molecule has 0 fully saturated rings. The van der Waals surface area contributed by atoms with Gasteiger partial charge in [0, 0.05) is 18.0 Å². The minimum atomic E-state index is 1.06. The largest absolute Gasteiger partial charge is 0.244 e. The molecule has 0 aliphatic rings. The van der Waals surface area contributed by atoms with Gasteiger partial charge in [-0.05, 0) is 5.56 Å². The monoisotopic (exact) mass is 168 g/mol. The summed E-state index contributed by atoms with van der Waals surface area (Å²) < 4.78 is 0. The van der Waals surface area contributed by atoms with Crippen LogP contribution in [-0.4, -0.2) is 17.8 Å². The molecule has 1 aromatic heterocycles. The van der Waals surface area contributed by atoms with E-state index in [1.165, 1.54) is 11.8 Å². The molecule has 2 nitrogen and oxygen atoms in total. The van der Waals surface area contributed by atoms with Gasteiger partial charge in [0.1, 0.15) is 14.2 Å². The third kappa shape index (κ3) is 1.75. The molecule has 62 valence electrons. The summed E-state index contributed by atoms with van der Waals surface area (Å²) in [5.74, 6) is 0. The van der Waals surface area contributed by atoms with Crippen molar-refractivity contribution in [3.05, 3.63) is 43.0 Å². The molecule has 13 heavy (non-hydrogen) atoms. The van der Waals surface area contributed by atoms with Gasteiger partial charge in [-0.15, -0.1) is 0 Å². The van der Waals surface area contributed by atoms with Gasteiger partial charge in [-0.1, -0.05) is 29.7 Å². The molecule has 3 heteroatoms. The lowest BCUT2D eigenvalue weighted by Crippen LogP contribution is -1.99. The van der Waals surface area contributed by atoms with Crippen molar-refractivity contribution >= 4 is 13.3 Å². The summed E-state index contributed by atoms with van der Waals surface area (Å²) in [5, 5.41) is 0. The molecule has 0 N–H and O–H groups in total. The first-order chi connectivity index (χ1) is 6.36. The van der Waals surface area contributed by atoms with Crippen LogP contribution in [0.5, 0.6) is 0 Å². The van der Waals surface area contributed by atoms with Crippen LogP contribution in [0, 0.1) is 0 Å². The van der Waals surface area contributed by atoms with Gasteiger partial charge in [0.05, 0.1) is 0 Å². The third-order valence-electron chi connectivity index (χ3n) is 1.95. The highest BCUT2D eigenvalue weighted by molar-refractivity contribution is 6.32. The van der Waals surface area contributed by atoms with Gasteiger partial charge in [0.2, 0.25) is 0 Å². The smallest absolute Gasteiger partial charge is 0.139 e. The molecule has 0 aliphatic heterocycles. The van der Waals surface area contributed by atoms with E-state index >= 15 is 0 Å². The van der Waals surface area contributed by atoms with Crippen LogP contribution in [-0.2, 0) is 0 Å². The van der Waals surface area contributed by atoms with E-state index in [2.05, 4.69) is 42.1 Å². The highest BCUT2D eigenvalue weighted by atomic mass is 14.8. The van der Waals surface area contributed by atoms with Gasteiger partial charge in [0.25, 0.3) is 0 Å². The molecule has 0 saturated heterocycles. The van der Waals surface area contributed by atoms with Gasteiger partial charge in [-0.2, -0.15) is 0 Å². The summed E-state index contributed by atoms with van der Waals surface area (Å²) in [6, 6.07) is 8.33. The SMILES string of the molecule is Bc1ccc(-c2cncnc2)cc1. The Morgan fingerprint density at radius 1 is 0.846 bits per heavy atom. The van der Waals surface area contributed by atoms with Gasteiger partial charge in [0.15, 0.2) is 0 Å². The van der Waals surface area contributed by atoms with Crippen LogP contribution >= 0.6 is 0 Å². The van der Waals surface area contributed by atoms with E-state index in [4.69, 9.17) is 0 Å². The first-order valence-electron chi connectivity index (χ1n) is 4.18. The second-order valence-electron chi connectivity index (χ2n) is 2.99. The summed E-state index contributed by atoms with van der Waals surface area (Å²) in [6.45, 7) is 0. The number of nitrogens with zero attached hydrogens (tertiary/aromatic N) is 2. The average Bonchev–Trinajstić information content (AvgIpc) is 2.20.